The predicted molar refractivity (Wildman–Crippen MR) is 207 cm³/mol. The SMILES string of the molecule is COC(F)(F)COCC(F)(F)CC(F)(F)OC(F)(F)COCC(F)(F)CCCCCC(CCC[Si](OC)(OC)OC)(CCC[Si](OC)(OC)OC)CCC[Si](OC)(OC)OC. The van der Waals surface area contributed by atoms with Gasteiger partial charge in [0.2, 0.25) is 0 Å². The minimum absolute atomic E-state index is 0.0575. The lowest BCUT2D eigenvalue weighted by Crippen LogP contribution is -2.43. The van der Waals surface area contributed by atoms with Crippen LogP contribution < -0.4 is 0 Å². The zero-order valence-corrected chi connectivity index (χ0v) is 40.0. The molecule has 0 radical (unpaired) electrons. The largest absolute Gasteiger partial charge is 0.500 e. The van der Waals surface area contributed by atoms with Crippen molar-refractivity contribution in [1.29, 1.82) is 0 Å². The van der Waals surface area contributed by atoms with Crippen molar-refractivity contribution < 1.29 is 103 Å². The summed E-state index contributed by atoms with van der Waals surface area (Å²) >= 11 is 0. The van der Waals surface area contributed by atoms with Crippen LogP contribution in [0.1, 0.15) is 77.0 Å². The molecule has 0 heterocycles. The van der Waals surface area contributed by atoms with E-state index in [4.69, 9.17) is 39.8 Å². The summed E-state index contributed by atoms with van der Waals surface area (Å²) in [6.07, 6.45) is -12.4. The second-order valence-corrected chi connectivity index (χ2v) is 23.9. The highest BCUT2D eigenvalue weighted by atomic mass is 28.4. The van der Waals surface area contributed by atoms with Gasteiger partial charge in [-0.15, -0.1) is 0 Å². The molecule has 0 rings (SSSR count). The quantitative estimate of drug-likeness (QED) is 0.0331. The van der Waals surface area contributed by atoms with Crippen LogP contribution in [0.15, 0.2) is 0 Å². The topological polar surface area (TPSA) is 120 Å². The Labute approximate surface area is 357 Å². The number of ether oxygens (including phenoxy) is 4. The van der Waals surface area contributed by atoms with Gasteiger partial charge in [-0.3, -0.25) is 4.74 Å². The molecular formula is C35H68F10O13Si3. The maximum Gasteiger partial charge on any atom is 0.500 e. The Bertz CT molecular complexity index is 1070. The van der Waals surface area contributed by atoms with Gasteiger partial charge in [0.05, 0.1) is 0 Å². The average Bonchev–Trinajstić information content (AvgIpc) is 3.19. The van der Waals surface area contributed by atoms with Crippen LogP contribution in [-0.2, 0) is 58.8 Å². The van der Waals surface area contributed by atoms with Gasteiger partial charge in [0, 0.05) is 95.7 Å². The number of halogens is 10. The molecule has 0 N–H and O–H groups in total. The van der Waals surface area contributed by atoms with Crippen LogP contribution >= 0.6 is 0 Å². The monoisotopic (exact) mass is 970 g/mol. The number of unbranched alkanes of at least 4 members (excludes halogenated alkanes) is 2. The maximum atomic E-state index is 14.8. The molecule has 0 unspecified atom stereocenters. The predicted octanol–water partition coefficient (Wildman–Crippen LogP) is 9.03. The summed E-state index contributed by atoms with van der Waals surface area (Å²) in [6, 6.07) is 1.52. The highest BCUT2D eigenvalue weighted by molar-refractivity contribution is 6.61. The van der Waals surface area contributed by atoms with E-state index in [1.807, 2.05) is 0 Å². The summed E-state index contributed by atoms with van der Waals surface area (Å²) in [4.78, 5) is 0. The summed E-state index contributed by atoms with van der Waals surface area (Å²) in [5.74, 6) is -8.26. The van der Waals surface area contributed by atoms with Crippen molar-refractivity contribution in [2.24, 2.45) is 5.41 Å². The Morgan fingerprint density at radius 2 is 0.672 bits per heavy atom. The fourth-order valence-corrected chi connectivity index (χ4v) is 12.1. The van der Waals surface area contributed by atoms with Gasteiger partial charge in [-0.2, -0.15) is 26.3 Å². The van der Waals surface area contributed by atoms with Crippen molar-refractivity contribution in [2.75, 3.05) is 97.5 Å². The van der Waals surface area contributed by atoms with Crippen LogP contribution in [-0.4, -0.2) is 154 Å². The van der Waals surface area contributed by atoms with E-state index in [1.54, 1.807) is 0 Å². The molecule has 368 valence electrons. The molecule has 0 aliphatic heterocycles. The lowest BCUT2D eigenvalue weighted by Gasteiger charge is -2.37. The molecule has 13 nitrogen and oxygen atoms in total. The summed E-state index contributed by atoms with van der Waals surface area (Å²) in [6.45, 7) is -7.44. The zero-order valence-electron chi connectivity index (χ0n) is 37.0. The summed E-state index contributed by atoms with van der Waals surface area (Å²) in [5, 5.41) is 0. The van der Waals surface area contributed by atoms with Crippen molar-refractivity contribution in [3.63, 3.8) is 0 Å². The first-order valence-corrected chi connectivity index (χ1v) is 25.3. The van der Waals surface area contributed by atoms with E-state index in [2.05, 4.69) is 18.9 Å². The first-order valence-electron chi connectivity index (χ1n) is 19.5. The van der Waals surface area contributed by atoms with E-state index >= 15 is 0 Å². The smallest absolute Gasteiger partial charge is 0.377 e. The molecule has 0 amide bonds. The lowest BCUT2D eigenvalue weighted by atomic mass is 9.72. The van der Waals surface area contributed by atoms with Crippen LogP contribution in [0.4, 0.5) is 43.9 Å². The van der Waals surface area contributed by atoms with Gasteiger partial charge in [-0.1, -0.05) is 12.8 Å². The molecule has 0 aliphatic carbocycles. The van der Waals surface area contributed by atoms with E-state index in [1.165, 1.54) is 64.0 Å². The normalized spacial score (nSPS) is 14.4. The Hall–Kier alpha value is -0.569. The fraction of sp³-hybridized carbons (Fsp3) is 1.00. The summed E-state index contributed by atoms with van der Waals surface area (Å²) in [7, 11) is 5.36. The molecular weight excluding hydrogens is 903 g/mol. The Balaban J connectivity index is 5.72. The highest BCUT2D eigenvalue weighted by Crippen LogP contribution is 2.44. The molecule has 0 aromatic rings. The molecule has 0 saturated heterocycles. The third-order valence-corrected chi connectivity index (χ3v) is 18.8. The molecule has 0 aromatic heterocycles. The van der Waals surface area contributed by atoms with Crippen molar-refractivity contribution in [2.45, 2.75) is 125 Å². The van der Waals surface area contributed by atoms with Gasteiger partial charge in [0.15, 0.2) is 0 Å². The zero-order chi connectivity index (χ0) is 47.1. The van der Waals surface area contributed by atoms with Gasteiger partial charge in [-0.05, 0) is 56.8 Å². The Morgan fingerprint density at radius 1 is 0.344 bits per heavy atom. The second-order valence-electron chi connectivity index (χ2n) is 14.6. The fourth-order valence-electron chi connectivity index (χ4n) is 6.92. The molecule has 0 aromatic carbocycles. The number of alkyl halides is 10. The second kappa shape index (κ2) is 27.8. The van der Waals surface area contributed by atoms with Gasteiger partial charge < -0.3 is 54.0 Å². The van der Waals surface area contributed by atoms with Crippen LogP contribution in [0, 0.1) is 5.41 Å². The first kappa shape index (κ1) is 60.4. The minimum atomic E-state index is -5.23. The van der Waals surface area contributed by atoms with Crippen molar-refractivity contribution in [1.82, 2.24) is 0 Å². The van der Waals surface area contributed by atoms with Gasteiger partial charge in [0.1, 0.15) is 32.8 Å². The molecule has 61 heavy (non-hydrogen) atoms. The van der Waals surface area contributed by atoms with Gasteiger partial charge >= 0.3 is 44.7 Å². The first-order chi connectivity index (χ1) is 28.3. The highest BCUT2D eigenvalue weighted by Gasteiger charge is 2.52. The Morgan fingerprint density at radius 3 is 1.03 bits per heavy atom. The van der Waals surface area contributed by atoms with Gasteiger partial charge in [-0.25, -0.2) is 17.6 Å². The third-order valence-electron chi connectivity index (χ3n) is 10.3. The number of rotatable bonds is 40. The third kappa shape index (κ3) is 23.4. The average molecular weight is 971 g/mol. The maximum absolute atomic E-state index is 14.8. The molecule has 0 aliphatic rings. The van der Waals surface area contributed by atoms with Crippen molar-refractivity contribution in [3.8, 4) is 0 Å². The van der Waals surface area contributed by atoms with E-state index in [-0.39, 0.29) is 11.8 Å². The van der Waals surface area contributed by atoms with Crippen LogP contribution in [0.5, 0.6) is 0 Å². The molecule has 0 fully saturated rings. The summed E-state index contributed by atoms with van der Waals surface area (Å²) in [5.41, 5.74) is -0.352. The molecule has 0 atom stereocenters. The van der Waals surface area contributed by atoms with E-state index in [0.717, 1.165) is 0 Å². The van der Waals surface area contributed by atoms with E-state index in [9.17, 15) is 43.9 Å². The summed E-state index contributed by atoms with van der Waals surface area (Å²) < 4.78 is 205. The standard InChI is InChI=1S/C35H68F10O13Si3/c1-46-34(42,43)28-57-27-32(38,39)25-33(40,41)58-35(44,45)29-56-26-31(36,37)21-13-11-12-17-30(18-14-22-59(47-2,48-3)49-4,19-15-23-60(50-5,51-6)52-7)20-16-24-61(53-8,54-9)55-10/h11-29H2,1-10H3. The van der Waals surface area contributed by atoms with Crippen molar-refractivity contribution in [3.05, 3.63) is 0 Å². The number of hydrogen-bond donors (Lipinski definition) is 0. The molecule has 0 bridgehead atoms. The van der Waals surface area contributed by atoms with Crippen LogP contribution in [0.25, 0.3) is 0 Å². The van der Waals surface area contributed by atoms with E-state index in [0.29, 0.717) is 83.0 Å². The number of methoxy groups -OCH3 is 1. The van der Waals surface area contributed by atoms with Crippen LogP contribution in [0.3, 0.4) is 0 Å². The van der Waals surface area contributed by atoms with E-state index < -0.39 is 95.9 Å². The van der Waals surface area contributed by atoms with Crippen LogP contribution in [0.2, 0.25) is 18.1 Å². The lowest BCUT2D eigenvalue weighted by molar-refractivity contribution is -0.397. The molecule has 0 spiro atoms. The molecule has 26 heteroatoms. The number of hydrogen-bond acceptors (Lipinski definition) is 13. The van der Waals surface area contributed by atoms with Gasteiger partial charge in [0.25, 0.3) is 11.8 Å². The minimum Gasteiger partial charge on any atom is -0.377 e. The Kier molecular flexibility index (Phi) is 27.5. The molecule has 0 saturated carbocycles. The van der Waals surface area contributed by atoms with Crippen molar-refractivity contribution >= 4 is 26.4 Å².